The normalized spacial score (nSPS) is 12.3. The van der Waals surface area contributed by atoms with E-state index in [4.69, 9.17) is 0 Å². The predicted octanol–water partition coefficient (Wildman–Crippen LogP) is 1.88. The van der Waals surface area contributed by atoms with Gasteiger partial charge in [0.05, 0.1) is 6.54 Å². The average molecular weight is 214 g/mol. The van der Waals surface area contributed by atoms with Crippen LogP contribution in [0.1, 0.15) is 41.5 Å². The summed E-state index contributed by atoms with van der Waals surface area (Å²) in [5, 5.41) is 2.98. The van der Waals surface area contributed by atoms with E-state index in [0.29, 0.717) is 12.5 Å². The van der Waals surface area contributed by atoms with Crippen molar-refractivity contribution < 1.29 is 4.79 Å². The molecule has 15 heavy (non-hydrogen) atoms. The summed E-state index contributed by atoms with van der Waals surface area (Å²) in [6.07, 6.45) is 0. The predicted molar refractivity (Wildman–Crippen MR) is 64.8 cm³/mol. The highest BCUT2D eigenvalue weighted by Gasteiger charge is 2.16. The number of hydrogen-bond donors (Lipinski definition) is 1. The van der Waals surface area contributed by atoms with Crippen LogP contribution in [-0.4, -0.2) is 36.0 Å². The Kier molecular flexibility index (Phi) is 5.88. The Balaban J connectivity index is 4.02. The van der Waals surface area contributed by atoms with Gasteiger partial charge in [-0.05, 0) is 33.2 Å². The van der Waals surface area contributed by atoms with Crippen molar-refractivity contribution in [3.8, 4) is 0 Å². The molecule has 3 heteroatoms. The zero-order chi connectivity index (χ0) is 12.1. The smallest absolute Gasteiger partial charge is 0.234 e. The maximum atomic E-state index is 11.7. The second kappa shape index (κ2) is 6.11. The summed E-state index contributed by atoms with van der Waals surface area (Å²) in [6.45, 7) is 14.9. The number of nitrogens with one attached hydrogen (secondary N) is 1. The fraction of sp³-hybridized carbons (Fsp3) is 0.917. The third-order valence-electron chi connectivity index (χ3n) is 1.95. The van der Waals surface area contributed by atoms with E-state index < -0.39 is 0 Å². The average Bonchev–Trinajstić information content (AvgIpc) is 1.98. The molecule has 0 aromatic heterocycles. The molecule has 0 aliphatic rings. The summed E-state index contributed by atoms with van der Waals surface area (Å²) in [5.41, 5.74) is -0.131. The summed E-state index contributed by atoms with van der Waals surface area (Å²) >= 11 is 0. The number of likely N-dealkylation sites (N-methyl/N-ethyl adjacent to an activating group) is 1. The van der Waals surface area contributed by atoms with Crippen molar-refractivity contribution in [1.29, 1.82) is 0 Å². The molecule has 90 valence electrons. The monoisotopic (exact) mass is 214 g/mol. The molecule has 0 fully saturated rings. The van der Waals surface area contributed by atoms with Gasteiger partial charge in [0.1, 0.15) is 0 Å². The molecule has 0 aromatic carbocycles. The molecule has 0 spiro atoms. The van der Waals surface area contributed by atoms with Crippen molar-refractivity contribution in [2.45, 2.75) is 47.1 Å². The van der Waals surface area contributed by atoms with Crippen LogP contribution in [-0.2, 0) is 4.79 Å². The van der Waals surface area contributed by atoms with Crippen molar-refractivity contribution in [1.82, 2.24) is 10.2 Å². The molecule has 1 N–H and O–H groups in total. The molecule has 3 nitrogen and oxygen atoms in total. The van der Waals surface area contributed by atoms with Gasteiger partial charge in [0, 0.05) is 12.1 Å². The van der Waals surface area contributed by atoms with Crippen LogP contribution < -0.4 is 5.32 Å². The van der Waals surface area contributed by atoms with Gasteiger partial charge >= 0.3 is 0 Å². The van der Waals surface area contributed by atoms with Crippen molar-refractivity contribution in [2.75, 3.05) is 19.6 Å². The molecule has 0 radical (unpaired) electrons. The molecule has 0 heterocycles. The summed E-state index contributed by atoms with van der Waals surface area (Å²) < 4.78 is 0. The topological polar surface area (TPSA) is 32.3 Å². The third-order valence-corrected chi connectivity index (χ3v) is 1.95. The van der Waals surface area contributed by atoms with Gasteiger partial charge in [-0.2, -0.15) is 0 Å². The Labute approximate surface area is 94.2 Å². The van der Waals surface area contributed by atoms with Gasteiger partial charge in [-0.3, -0.25) is 9.69 Å². The van der Waals surface area contributed by atoms with Crippen LogP contribution in [0.25, 0.3) is 0 Å². The van der Waals surface area contributed by atoms with Crippen LogP contribution in [0.5, 0.6) is 0 Å². The van der Waals surface area contributed by atoms with E-state index in [2.05, 4.69) is 31.0 Å². The van der Waals surface area contributed by atoms with Gasteiger partial charge in [0.25, 0.3) is 0 Å². The molecule has 0 aliphatic carbocycles. The molecule has 1 amide bonds. The number of nitrogens with zero attached hydrogens (tertiary/aromatic N) is 1. The molecule has 0 saturated heterocycles. The van der Waals surface area contributed by atoms with Gasteiger partial charge in [0.2, 0.25) is 5.91 Å². The van der Waals surface area contributed by atoms with Crippen LogP contribution in [0, 0.1) is 5.92 Å². The van der Waals surface area contributed by atoms with Crippen LogP contribution in [0.15, 0.2) is 0 Å². The van der Waals surface area contributed by atoms with Gasteiger partial charge in [-0.1, -0.05) is 20.8 Å². The first-order valence-electron chi connectivity index (χ1n) is 5.78. The molecule has 0 rings (SSSR count). The lowest BCUT2D eigenvalue weighted by Gasteiger charge is -2.25. The van der Waals surface area contributed by atoms with E-state index in [9.17, 15) is 4.79 Å². The van der Waals surface area contributed by atoms with Crippen molar-refractivity contribution >= 4 is 5.91 Å². The van der Waals surface area contributed by atoms with E-state index >= 15 is 0 Å². The summed E-state index contributed by atoms with van der Waals surface area (Å²) in [4.78, 5) is 13.8. The Morgan fingerprint density at radius 3 is 2.20 bits per heavy atom. The third kappa shape index (κ3) is 8.43. The quantitative estimate of drug-likeness (QED) is 0.758. The standard InChI is InChI=1S/C12H26N2O/c1-7-14(8-10(2)3)9-11(15)13-12(4,5)6/h10H,7-9H2,1-6H3,(H,13,15). The van der Waals surface area contributed by atoms with E-state index in [1.54, 1.807) is 0 Å². The Bertz CT molecular complexity index is 194. The van der Waals surface area contributed by atoms with Gasteiger partial charge in [-0.15, -0.1) is 0 Å². The molecule has 0 unspecified atom stereocenters. The minimum atomic E-state index is -0.131. The zero-order valence-electron chi connectivity index (χ0n) is 11.1. The van der Waals surface area contributed by atoms with Crippen molar-refractivity contribution in [2.24, 2.45) is 5.92 Å². The molecule has 0 aliphatic heterocycles. The SMILES string of the molecule is CCN(CC(=O)NC(C)(C)C)CC(C)C. The lowest BCUT2D eigenvalue weighted by atomic mass is 10.1. The summed E-state index contributed by atoms with van der Waals surface area (Å²) in [6, 6.07) is 0. The van der Waals surface area contributed by atoms with Gasteiger partial charge in [0.15, 0.2) is 0 Å². The first-order chi connectivity index (χ1) is 6.74. The van der Waals surface area contributed by atoms with Crippen LogP contribution >= 0.6 is 0 Å². The highest BCUT2D eigenvalue weighted by molar-refractivity contribution is 5.78. The van der Waals surface area contributed by atoms with E-state index in [1.807, 2.05) is 20.8 Å². The lowest BCUT2D eigenvalue weighted by molar-refractivity contribution is -0.123. The molecular weight excluding hydrogens is 188 g/mol. The van der Waals surface area contributed by atoms with Gasteiger partial charge in [-0.25, -0.2) is 0 Å². The fourth-order valence-corrected chi connectivity index (χ4v) is 1.48. The Morgan fingerprint density at radius 2 is 1.87 bits per heavy atom. The van der Waals surface area contributed by atoms with Crippen molar-refractivity contribution in [3.63, 3.8) is 0 Å². The van der Waals surface area contributed by atoms with Crippen LogP contribution in [0.4, 0.5) is 0 Å². The molecule has 0 atom stereocenters. The molecule has 0 bridgehead atoms. The molecule has 0 saturated carbocycles. The minimum absolute atomic E-state index is 0.116. The number of rotatable bonds is 5. The highest BCUT2D eigenvalue weighted by atomic mass is 16.2. The highest BCUT2D eigenvalue weighted by Crippen LogP contribution is 2.01. The second-order valence-electron chi connectivity index (χ2n) is 5.52. The van der Waals surface area contributed by atoms with Crippen LogP contribution in [0.3, 0.4) is 0 Å². The second-order valence-corrected chi connectivity index (χ2v) is 5.52. The zero-order valence-corrected chi connectivity index (χ0v) is 11.1. The molecular formula is C12H26N2O. The Hall–Kier alpha value is -0.570. The first kappa shape index (κ1) is 14.4. The van der Waals surface area contributed by atoms with Crippen LogP contribution in [0.2, 0.25) is 0 Å². The number of amides is 1. The maximum Gasteiger partial charge on any atom is 0.234 e. The van der Waals surface area contributed by atoms with E-state index in [0.717, 1.165) is 13.1 Å². The van der Waals surface area contributed by atoms with Gasteiger partial charge < -0.3 is 5.32 Å². The molecule has 0 aromatic rings. The lowest BCUT2D eigenvalue weighted by Crippen LogP contribution is -2.46. The van der Waals surface area contributed by atoms with Crippen molar-refractivity contribution in [3.05, 3.63) is 0 Å². The Morgan fingerprint density at radius 1 is 1.33 bits per heavy atom. The summed E-state index contributed by atoms with van der Waals surface area (Å²) in [5.74, 6) is 0.720. The number of carbonyl (C=O) groups excluding carboxylic acids is 1. The summed E-state index contributed by atoms with van der Waals surface area (Å²) in [7, 11) is 0. The van der Waals surface area contributed by atoms with E-state index in [-0.39, 0.29) is 11.4 Å². The first-order valence-corrected chi connectivity index (χ1v) is 5.78. The maximum absolute atomic E-state index is 11.7. The van der Waals surface area contributed by atoms with E-state index in [1.165, 1.54) is 0 Å². The number of hydrogen-bond acceptors (Lipinski definition) is 2. The largest absolute Gasteiger partial charge is 0.350 e. The fourth-order valence-electron chi connectivity index (χ4n) is 1.48. The minimum Gasteiger partial charge on any atom is -0.350 e. The number of carbonyl (C=O) groups is 1.